The van der Waals surface area contributed by atoms with Crippen molar-refractivity contribution in [1.82, 2.24) is 4.98 Å². The van der Waals surface area contributed by atoms with E-state index >= 15 is 0 Å². The third-order valence-corrected chi connectivity index (χ3v) is 5.36. The molecule has 0 aliphatic heterocycles. The molecule has 2 nitrogen and oxygen atoms in total. The minimum absolute atomic E-state index is 0.634. The largest absolute Gasteiger partial charge is 0.381 e. The van der Waals surface area contributed by atoms with Crippen LogP contribution in [0.4, 0.5) is 5.69 Å². The van der Waals surface area contributed by atoms with Gasteiger partial charge in [-0.25, -0.2) is 0 Å². The molecule has 2 atom stereocenters. The number of fused-ring (bicyclic) bond motifs is 2. The van der Waals surface area contributed by atoms with Crippen LogP contribution in [0.2, 0.25) is 0 Å². The van der Waals surface area contributed by atoms with Gasteiger partial charge < -0.3 is 5.32 Å². The lowest BCUT2D eigenvalue weighted by molar-refractivity contribution is 0.349. The maximum absolute atomic E-state index is 4.89. The summed E-state index contributed by atoms with van der Waals surface area (Å²) in [5, 5.41) is 5.25. The van der Waals surface area contributed by atoms with Crippen LogP contribution >= 0.6 is 0 Å². The van der Waals surface area contributed by atoms with Crippen molar-refractivity contribution >= 4 is 16.6 Å². The van der Waals surface area contributed by atoms with E-state index in [1.54, 1.807) is 0 Å². The Kier molecular flexibility index (Phi) is 3.33. The first-order valence-electron chi connectivity index (χ1n) is 8.50. The van der Waals surface area contributed by atoms with Crippen LogP contribution in [0, 0.1) is 5.92 Å². The lowest BCUT2D eigenvalue weighted by Gasteiger charge is -2.31. The molecule has 1 N–H and O–H groups in total. The van der Waals surface area contributed by atoms with Gasteiger partial charge in [0, 0.05) is 22.8 Å². The summed E-state index contributed by atoms with van der Waals surface area (Å²) in [5.41, 5.74) is 5.38. The first kappa shape index (κ1) is 13.1. The highest BCUT2D eigenvalue weighted by Gasteiger charge is 2.25. The zero-order chi connectivity index (χ0) is 14.2. The second-order valence-corrected chi connectivity index (χ2v) is 6.80. The second-order valence-electron chi connectivity index (χ2n) is 6.80. The average Bonchev–Trinajstić information content (AvgIpc) is 2.97. The summed E-state index contributed by atoms with van der Waals surface area (Å²) in [6.07, 6.45) is 9.04. The van der Waals surface area contributed by atoms with Gasteiger partial charge >= 0.3 is 0 Å². The summed E-state index contributed by atoms with van der Waals surface area (Å²) >= 11 is 0. The van der Waals surface area contributed by atoms with Crippen molar-refractivity contribution in [1.29, 1.82) is 0 Å². The molecule has 1 heterocycles. The molecule has 2 unspecified atom stereocenters. The number of aromatic nitrogens is 1. The highest BCUT2D eigenvalue weighted by atomic mass is 14.9. The van der Waals surface area contributed by atoms with Gasteiger partial charge in [0.05, 0.1) is 5.52 Å². The molecule has 1 saturated carbocycles. The van der Waals surface area contributed by atoms with Crippen molar-refractivity contribution in [2.24, 2.45) is 5.92 Å². The van der Waals surface area contributed by atoms with E-state index in [2.05, 4.69) is 36.5 Å². The number of aryl methyl sites for hydroxylation is 1. The fraction of sp³-hybridized carbons (Fsp3) is 0.526. The first-order chi connectivity index (χ1) is 10.3. The highest BCUT2D eigenvalue weighted by Crippen LogP contribution is 2.36. The van der Waals surface area contributed by atoms with E-state index in [4.69, 9.17) is 4.98 Å². The highest BCUT2D eigenvalue weighted by molar-refractivity contribution is 5.93. The van der Waals surface area contributed by atoms with Crippen LogP contribution in [0.25, 0.3) is 10.9 Å². The number of nitrogens with one attached hydrogen (secondary N) is 1. The molecule has 1 aromatic carbocycles. The number of hydrogen-bond donors (Lipinski definition) is 1. The molecule has 2 aliphatic rings. The third-order valence-electron chi connectivity index (χ3n) is 5.36. The predicted molar refractivity (Wildman–Crippen MR) is 88.8 cm³/mol. The number of para-hydroxylation sites is 1. The van der Waals surface area contributed by atoms with E-state index in [0.29, 0.717) is 6.04 Å². The topological polar surface area (TPSA) is 24.9 Å². The Morgan fingerprint density at radius 3 is 2.81 bits per heavy atom. The molecular weight excluding hydrogens is 256 g/mol. The van der Waals surface area contributed by atoms with E-state index < -0.39 is 0 Å². The molecule has 21 heavy (non-hydrogen) atoms. The molecule has 110 valence electrons. The summed E-state index contributed by atoms with van der Waals surface area (Å²) in [7, 11) is 0. The summed E-state index contributed by atoms with van der Waals surface area (Å²) in [5.74, 6) is 0.780. The monoisotopic (exact) mass is 280 g/mol. The van der Waals surface area contributed by atoms with Crippen molar-refractivity contribution in [3.63, 3.8) is 0 Å². The molecule has 2 heteroatoms. The molecule has 4 rings (SSSR count). The quantitative estimate of drug-likeness (QED) is 0.861. The van der Waals surface area contributed by atoms with Crippen molar-refractivity contribution in [2.45, 2.75) is 57.9 Å². The van der Waals surface area contributed by atoms with E-state index in [1.165, 1.54) is 60.9 Å². The molecule has 1 fully saturated rings. The summed E-state index contributed by atoms with van der Waals surface area (Å²) in [6.45, 7) is 2.40. The van der Waals surface area contributed by atoms with E-state index in [0.717, 1.165) is 17.9 Å². The molecule has 0 bridgehead atoms. The van der Waals surface area contributed by atoms with Crippen molar-refractivity contribution in [3.8, 4) is 0 Å². The maximum atomic E-state index is 4.89. The molecule has 1 aromatic heterocycles. The lowest BCUT2D eigenvalue weighted by Crippen LogP contribution is -2.30. The van der Waals surface area contributed by atoms with Gasteiger partial charge in [-0.2, -0.15) is 0 Å². The van der Waals surface area contributed by atoms with Crippen molar-refractivity contribution in [2.75, 3.05) is 5.32 Å². The fourth-order valence-corrected chi connectivity index (χ4v) is 4.09. The molecule has 2 aliphatic carbocycles. The molecule has 0 radical (unpaired) electrons. The maximum Gasteiger partial charge on any atom is 0.0726 e. The predicted octanol–water partition coefficient (Wildman–Crippen LogP) is 4.71. The van der Waals surface area contributed by atoms with Gasteiger partial charge in [-0.1, -0.05) is 38.0 Å². The van der Waals surface area contributed by atoms with E-state index in [-0.39, 0.29) is 0 Å². The van der Waals surface area contributed by atoms with Crippen LogP contribution in [-0.2, 0) is 12.8 Å². The third kappa shape index (κ3) is 2.31. The van der Waals surface area contributed by atoms with Gasteiger partial charge in [0.1, 0.15) is 0 Å². The summed E-state index contributed by atoms with van der Waals surface area (Å²) in [4.78, 5) is 4.89. The number of nitrogens with zero attached hydrogens (tertiary/aromatic N) is 1. The molecule has 0 amide bonds. The van der Waals surface area contributed by atoms with Gasteiger partial charge in [-0.3, -0.25) is 4.98 Å². The minimum Gasteiger partial charge on any atom is -0.381 e. The van der Waals surface area contributed by atoms with Crippen molar-refractivity contribution in [3.05, 3.63) is 35.5 Å². The fourth-order valence-electron chi connectivity index (χ4n) is 4.09. The van der Waals surface area contributed by atoms with E-state index in [1.807, 2.05) is 0 Å². The van der Waals surface area contributed by atoms with Crippen LogP contribution in [-0.4, -0.2) is 11.0 Å². The van der Waals surface area contributed by atoms with Gasteiger partial charge in [0.2, 0.25) is 0 Å². The van der Waals surface area contributed by atoms with Crippen LogP contribution in [0.1, 0.15) is 50.3 Å². The van der Waals surface area contributed by atoms with E-state index in [9.17, 15) is 0 Å². The Balaban J connectivity index is 1.79. The molecule has 0 saturated heterocycles. The number of hydrogen-bond acceptors (Lipinski definition) is 2. The number of benzene rings is 1. The Hall–Kier alpha value is -1.57. The summed E-state index contributed by atoms with van der Waals surface area (Å²) < 4.78 is 0. The standard InChI is InChI=1S/C19H24N2/c1-13-7-2-4-10-16(13)21-19-14-8-3-5-11-17(14)20-18-12-6-9-15(18)19/h3,5,8,11,13,16H,2,4,6-7,9-10,12H2,1H3,(H,20,21). The number of rotatable bonds is 2. The Labute approximate surface area is 127 Å². The van der Waals surface area contributed by atoms with Gasteiger partial charge in [-0.05, 0) is 49.7 Å². The first-order valence-corrected chi connectivity index (χ1v) is 8.50. The Bertz CT molecular complexity index is 662. The second kappa shape index (κ2) is 5.32. The smallest absolute Gasteiger partial charge is 0.0726 e. The van der Waals surface area contributed by atoms with Crippen LogP contribution in [0.15, 0.2) is 24.3 Å². The minimum atomic E-state index is 0.634. The molecule has 2 aromatic rings. The molecular formula is C19H24N2. The normalized spacial score (nSPS) is 25.0. The molecule has 0 spiro atoms. The number of pyridine rings is 1. The number of anilines is 1. The van der Waals surface area contributed by atoms with Crippen LogP contribution in [0.3, 0.4) is 0 Å². The van der Waals surface area contributed by atoms with Gasteiger partial charge in [-0.15, -0.1) is 0 Å². The van der Waals surface area contributed by atoms with Crippen molar-refractivity contribution < 1.29 is 0 Å². The average molecular weight is 280 g/mol. The zero-order valence-electron chi connectivity index (χ0n) is 12.9. The zero-order valence-corrected chi connectivity index (χ0v) is 12.9. The lowest BCUT2D eigenvalue weighted by atomic mass is 9.85. The Morgan fingerprint density at radius 1 is 1.05 bits per heavy atom. The Morgan fingerprint density at radius 2 is 1.90 bits per heavy atom. The van der Waals surface area contributed by atoms with Crippen LogP contribution in [0.5, 0.6) is 0 Å². The summed E-state index contributed by atoms with van der Waals surface area (Å²) in [6, 6.07) is 9.26. The SMILES string of the molecule is CC1CCCCC1Nc1c2c(nc3ccccc13)CCC2. The van der Waals surface area contributed by atoms with Crippen LogP contribution < -0.4 is 5.32 Å². The van der Waals surface area contributed by atoms with Gasteiger partial charge in [0.25, 0.3) is 0 Å². The van der Waals surface area contributed by atoms with Gasteiger partial charge in [0.15, 0.2) is 0 Å².